The maximum absolute atomic E-state index is 5.43. The van der Waals surface area contributed by atoms with E-state index in [2.05, 4.69) is 36.3 Å². The van der Waals surface area contributed by atoms with Crippen molar-refractivity contribution in [1.29, 1.82) is 0 Å². The molecule has 0 heterocycles. The highest BCUT2D eigenvalue weighted by molar-refractivity contribution is 5.36. The Morgan fingerprint density at radius 3 is 2.67 bits per heavy atom. The van der Waals surface area contributed by atoms with Crippen LogP contribution < -0.4 is 10.1 Å². The number of unbranched alkanes of at least 4 members (excludes halogenated alkanes) is 1. The molecule has 102 valence electrons. The number of methoxy groups -OCH3 is 1. The second-order valence-corrected chi connectivity index (χ2v) is 4.70. The van der Waals surface area contributed by atoms with E-state index in [9.17, 15) is 0 Å². The smallest absolute Gasteiger partial charge is 0.123 e. The molecule has 1 aromatic rings. The van der Waals surface area contributed by atoms with E-state index in [4.69, 9.17) is 4.74 Å². The quantitative estimate of drug-likeness (QED) is 0.767. The fraction of sp³-hybridized carbons (Fsp3) is 0.600. The van der Waals surface area contributed by atoms with Crippen LogP contribution in [-0.2, 0) is 0 Å². The summed E-state index contributed by atoms with van der Waals surface area (Å²) in [5, 5.41) is 3.38. The summed E-state index contributed by atoms with van der Waals surface area (Å²) in [5.41, 5.74) is 1.23. The van der Waals surface area contributed by atoms with Gasteiger partial charge in [-0.2, -0.15) is 0 Å². The lowest BCUT2D eigenvalue weighted by Gasteiger charge is -2.25. The number of nitrogens with one attached hydrogen (secondary N) is 1. The summed E-state index contributed by atoms with van der Waals surface area (Å²) >= 11 is 0. The molecule has 0 aromatic heterocycles. The van der Waals surface area contributed by atoms with E-state index in [1.807, 2.05) is 19.2 Å². The van der Waals surface area contributed by atoms with Gasteiger partial charge in [0.1, 0.15) is 5.75 Å². The fourth-order valence-electron chi connectivity index (χ4n) is 2.13. The van der Waals surface area contributed by atoms with Gasteiger partial charge < -0.3 is 15.0 Å². The van der Waals surface area contributed by atoms with Crippen LogP contribution in [0.25, 0.3) is 0 Å². The van der Waals surface area contributed by atoms with Crippen molar-refractivity contribution in [2.24, 2.45) is 0 Å². The van der Waals surface area contributed by atoms with E-state index in [0.717, 1.165) is 18.8 Å². The Morgan fingerprint density at radius 2 is 2.06 bits per heavy atom. The molecular weight excluding hydrogens is 224 g/mol. The van der Waals surface area contributed by atoms with Crippen molar-refractivity contribution in [1.82, 2.24) is 10.2 Å². The number of benzene rings is 1. The molecule has 1 unspecified atom stereocenters. The van der Waals surface area contributed by atoms with Crippen molar-refractivity contribution in [2.75, 3.05) is 34.3 Å². The molecule has 0 spiro atoms. The molecule has 0 aliphatic heterocycles. The molecule has 0 bridgehead atoms. The molecule has 0 amide bonds. The Bertz CT molecular complexity index is 341. The molecule has 3 nitrogen and oxygen atoms in total. The zero-order valence-electron chi connectivity index (χ0n) is 12.1. The largest absolute Gasteiger partial charge is 0.496 e. The number of ether oxygens (including phenoxy) is 1. The van der Waals surface area contributed by atoms with Crippen molar-refractivity contribution in [3.8, 4) is 5.75 Å². The zero-order chi connectivity index (χ0) is 13.4. The molecule has 0 aliphatic rings. The maximum Gasteiger partial charge on any atom is 0.123 e. The van der Waals surface area contributed by atoms with Gasteiger partial charge in [-0.1, -0.05) is 31.5 Å². The Morgan fingerprint density at radius 1 is 1.33 bits per heavy atom. The van der Waals surface area contributed by atoms with Gasteiger partial charge in [-0.15, -0.1) is 0 Å². The first kappa shape index (κ1) is 15.0. The van der Waals surface area contributed by atoms with Gasteiger partial charge in [0.25, 0.3) is 0 Å². The minimum atomic E-state index is 0.308. The molecule has 1 N–H and O–H groups in total. The number of likely N-dealkylation sites (N-methyl/N-ethyl adjacent to an activating group) is 2. The third kappa shape index (κ3) is 4.31. The van der Waals surface area contributed by atoms with Crippen molar-refractivity contribution in [3.63, 3.8) is 0 Å². The number of nitrogens with zero attached hydrogens (tertiary/aromatic N) is 1. The van der Waals surface area contributed by atoms with E-state index in [1.165, 1.54) is 18.4 Å². The average molecular weight is 250 g/mol. The second kappa shape index (κ2) is 8.11. The molecule has 18 heavy (non-hydrogen) atoms. The van der Waals surface area contributed by atoms with Crippen LogP contribution in [0.3, 0.4) is 0 Å². The molecule has 0 saturated heterocycles. The molecule has 0 aliphatic carbocycles. The summed E-state index contributed by atoms with van der Waals surface area (Å²) in [6.45, 7) is 4.37. The number of hydrogen-bond donors (Lipinski definition) is 1. The Balaban J connectivity index is 2.70. The molecule has 0 fully saturated rings. The van der Waals surface area contributed by atoms with E-state index in [0.29, 0.717) is 6.04 Å². The predicted octanol–water partition coefficient (Wildman–Crippen LogP) is 2.69. The number of rotatable bonds is 8. The lowest BCUT2D eigenvalue weighted by molar-refractivity contribution is 0.288. The Hall–Kier alpha value is -1.06. The summed E-state index contributed by atoms with van der Waals surface area (Å²) in [6, 6.07) is 8.53. The van der Waals surface area contributed by atoms with Crippen LogP contribution in [0.2, 0.25) is 0 Å². The van der Waals surface area contributed by atoms with Gasteiger partial charge in [-0.25, -0.2) is 0 Å². The van der Waals surface area contributed by atoms with E-state index in [-0.39, 0.29) is 0 Å². The first-order chi connectivity index (χ1) is 8.72. The van der Waals surface area contributed by atoms with Crippen LogP contribution in [0.4, 0.5) is 0 Å². The topological polar surface area (TPSA) is 24.5 Å². The van der Waals surface area contributed by atoms with Gasteiger partial charge in [0.15, 0.2) is 0 Å². The van der Waals surface area contributed by atoms with Crippen LogP contribution >= 0.6 is 0 Å². The summed E-state index contributed by atoms with van der Waals surface area (Å²) < 4.78 is 5.43. The lowest BCUT2D eigenvalue weighted by atomic mass is 10.1. The van der Waals surface area contributed by atoms with Crippen molar-refractivity contribution >= 4 is 0 Å². The predicted molar refractivity (Wildman–Crippen MR) is 77.2 cm³/mol. The Labute approximate surface area is 111 Å². The number of para-hydroxylation sites is 1. The van der Waals surface area contributed by atoms with Gasteiger partial charge in [0.2, 0.25) is 0 Å². The highest BCUT2D eigenvalue weighted by Gasteiger charge is 2.15. The van der Waals surface area contributed by atoms with Crippen LogP contribution in [0.5, 0.6) is 5.75 Å². The third-order valence-electron chi connectivity index (χ3n) is 3.25. The highest BCUT2D eigenvalue weighted by Crippen LogP contribution is 2.24. The summed E-state index contributed by atoms with van der Waals surface area (Å²) in [6.07, 6.45) is 2.49. The number of hydrogen-bond acceptors (Lipinski definition) is 3. The minimum absolute atomic E-state index is 0.308. The minimum Gasteiger partial charge on any atom is -0.496 e. The molecule has 3 heteroatoms. The first-order valence-electron chi connectivity index (χ1n) is 6.71. The standard InChI is InChI=1S/C15H26N2O/c1-5-6-11-17(3)12-14(16-2)13-9-7-8-10-15(13)18-4/h7-10,14,16H,5-6,11-12H2,1-4H3. The molecule has 0 saturated carbocycles. The molecule has 1 aromatic carbocycles. The molecule has 1 rings (SSSR count). The first-order valence-corrected chi connectivity index (χ1v) is 6.71. The van der Waals surface area contributed by atoms with Crippen LogP contribution in [0.15, 0.2) is 24.3 Å². The van der Waals surface area contributed by atoms with Crippen molar-refractivity contribution in [2.45, 2.75) is 25.8 Å². The average Bonchev–Trinajstić information content (AvgIpc) is 2.42. The van der Waals surface area contributed by atoms with Crippen LogP contribution in [0.1, 0.15) is 31.4 Å². The second-order valence-electron chi connectivity index (χ2n) is 4.70. The SMILES string of the molecule is CCCCN(C)CC(NC)c1ccccc1OC. The molecule has 0 radical (unpaired) electrons. The third-order valence-corrected chi connectivity index (χ3v) is 3.25. The summed E-state index contributed by atoms with van der Waals surface area (Å²) in [4.78, 5) is 2.37. The summed E-state index contributed by atoms with van der Waals surface area (Å²) in [7, 11) is 5.91. The van der Waals surface area contributed by atoms with Gasteiger partial charge in [0.05, 0.1) is 7.11 Å². The summed E-state index contributed by atoms with van der Waals surface area (Å²) in [5.74, 6) is 0.959. The highest BCUT2D eigenvalue weighted by atomic mass is 16.5. The van der Waals surface area contributed by atoms with Gasteiger partial charge in [-0.3, -0.25) is 0 Å². The van der Waals surface area contributed by atoms with Gasteiger partial charge in [0, 0.05) is 18.2 Å². The van der Waals surface area contributed by atoms with E-state index >= 15 is 0 Å². The fourth-order valence-corrected chi connectivity index (χ4v) is 2.13. The van der Waals surface area contributed by atoms with E-state index < -0.39 is 0 Å². The zero-order valence-corrected chi connectivity index (χ0v) is 12.1. The molecule has 1 atom stereocenters. The normalized spacial score (nSPS) is 12.7. The van der Waals surface area contributed by atoms with Crippen LogP contribution in [0, 0.1) is 0 Å². The van der Waals surface area contributed by atoms with Crippen molar-refractivity contribution in [3.05, 3.63) is 29.8 Å². The van der Waals surface area contributed by atoms with Crippen molar-refractivity contribution < 1.29 is 4.74 Å². The Kier molecular flexibility index (Phi) is 6.76. The lowest BCUT2D eigenvalue weighted by Crippen LogP contribution is -2.32. The molecular formula is C15H26N2O. The van der Waals surface area contributed by atoms with Gasteiger partial charge >= 0.3 is 0 Å². The van der Waals surface area contributed by atoms with Gasteiger partial charge in [-0.05, 0) is 33.1 Å². The van der Waals surface area contributed by atoms with E-state index in [1.54, 1.807) is 7.11 Å². The van der Waals surface area contributed by atoms with Crippen LogP contribution in [-0.4, -0.2) is 39.2 Å². The monoisotopic (exact) mass is 250 g/mol. The maximum atomic E-state index is 5.43.